The first-order valence-electron chi connectivity index (χ1n) is 8.91. The van der Waals surface area contributed by atoms with E-state index < -0.39 is 0 Å². The first kappa shape index (κ1) is 17.9. The Labute approximate surface area is 155 Å². The summed E-state index contributed by atoms with van der Waals surface area (Å²) in [4.78, 5) is 15.6. The molecular formula is C21H25N5. The predicted octanol–water partition coefficient (Wildman–Crippen LogP) is 4.21. The van der Waals surface area contributed by atoms with Crippen molar-refractivity contribution in [3.8, 4) is 0 Å². The number of hydrogen-bond acceptors (Lipinski definition) is 5. The third-order valence-electron chi connectivity index (χ3n) is 4.13. The summed E-state index contributed by atoms with van der Waals surface area (Å²) in [5.41, 5.74) is 2.39. The SMILES string of the molecule is Cc1nc(NCc2cccnc2)cc(N(Cc2ccccc2)C(C)C)n1. The minimum Gasteiger partial charge on any atom is -0.366 e. The minimum absolute atomic E-state index is 0.329. The molecule has 0 spiro atoms. The van der Waals surface area contributed by atoms with Gasteiger partial charge in [0.25, 0.3) is 0 Å². The molecule has 0 radical (unpaired) electrons. The molecule has 26 heavy (non-hydrogen) atoms. The molecule has 1 aromatic carbocycles. The van der Waals surface area contributed by atoms with Gasteiger partial charge in [-0.3, -0.25) is 4.98 Å². The van der Waals surface area contributed by atoms with Crippen molar-refractivity contribution in [1.29, 1.82) is 0 Å². The molecule has 0 saturated carbocycles. The van der Waals surface area contributed by atoms with Crippen LogP contribution < -0.4 is 10.2 Å². The third-order valence-corrected chi connectivity index (χ3v) is 4.13. The molecule has 0 unspecified atom stereocenters. The molecule has 0 atom stereocenters. The van der Waals surface area contributed by atoms with E-state index in [2.05, 4.69) is 63.3 Å². The molecule has 0 aliphatic carbocycles. The number of nitrogens with one attached hydrogen (secondary N) is 1. The van der Waals surface area contributed by atoms with E-state index in [1.807, 2.05) is 37.4 Å². The van der Waals surface area contributed by atoms with Crippen molar-refractivity contribution in [3.05, 3.63) is 77.9 Å². The Kier molecular flexibility index (Phi) is 5.79. The fourth-order valence-electron chi connectivity index (χ4n) is 2.79. The van der Waals surface area contributed by atoms with Crippen LogP contribution in [0.2, 0.25) is 0 Å². The lowest BCUT2D eigenvalue weighted by Crippen LogP contribution is -2.31. The summed E-state index contributed by atoms with van der Waals surface area (Å²) in [6, 6.07) is 16.8. The standard InChI is InChI=1S/C21H25N5/c1-16(2)26(15-18-8-5-4-6-9-18)21-12-20(24-17(3)25-21)23-14-19-10-7-11-22-13-19/h4-13,16H,14-15H2,1-3H3,(H,23,24,25). The molecule has 5 nitrogen and oxygen atoms in total. The predicted molar refractivity (Wildman–Crippen MR) is 106 cm³/mol. The number of nitrogens with zero attached hydrogens (tertiary/aromatic N) is 4. The lowest BCUT2D eigenvalue weighted by atomic mass is 10.2. The molecule has 0 bridgehead atoms. The first-order valence-corrected chi connectivity index (χ1v) is 8.91. The zero-order valence-corrected chi connectivity index (χ0v) is 15.6. The van der Waals surface area contributed by atoms with Crippen LogP contribution >= 0.6 is 0 Å². The number of benzene rings is 1. The molecule has 0 saturated heterocycles. The number of rotatable bonds is 7. The molecule has 5 heteroatoms. The van der Waals surface area contributed by atoms with Gasteiger partial charge < -0.3 is 10.2 Å². The van der Waals surface area contributed by atoms with E-state index in [0.29, 0.717) is 12.6 Å². The number of aryl methyl sites for hydroxylation is 1. The third kappa shape index (κ3) is 4.79. The lowest BCUT2D eigenvalue weighted by molar-refractivity contribution is 0.669. The summed E-state index contributed by atoms with van der Waals surface area (Å²) in [6.45, 7) is 7.80. The molecule has 2 aromatic heterocycles. The second kappa shape index (κ2) is 8.43. The molecule has 3 rings (SSSR count). The highest BCUT2D eigenvalue weighted by molar-refractivity contribution is 5.50. The monoisotopic (exact) mass is 347 g/mol. The number of anilines is 2. The highest BCUT2D eigenvalue weighted by Gasteiger charge is 2.14. The molecule has 0 aliphatic heterocycles. The first-order chi connectivity index (χ1) is 12.6. The Morgan fingerprint density at radius 2 is 1.77 bits per heavy atom. The molecule has 134 valence electrons. The van der Waals surface area contributed by atoms with Gasteiger partial charge in [-0.1, -0.05) is 36.4 Å². The van der Waals surface area contributed by atoms with Crippen molar-refractivity contribution < 1.29 is 0 Å². The van der Waals surface area contributed by atoms with E-state index >= 15 is 0 Å². The van der Waals surface area contributed by atoms with Gasteiger partial charge >= 0.3 is 0 Å². The van der Waals surface area contributed by atoms with E-state index in [1.54, 1.807) is 6.20 Å². The molecular weight excluding hydrogens is 322 g/mol. The van der Waals surface area contributed by atoms with Crippen LogP contribution in [0.4, 0.5) is 11.6 Å². The minimum atomic E-state index is 0.329. The Morgan fingerprint density at radius 3 is 2.46 bits per heavy atom. The van der Waals surface area contributed by atoms with Gasteiger partial charge in [0.1, 0.15) is 17.5 Å². The van der Waals surface area contributed by atoms with Crippen LogP contribution in [-0.2, 0) is 13.1 Å². The van der Waals surface area contributed by atoms with E-state index in [-0.39, 0.29) is 0 Å². The van der Waals surface area contributed by atoms with Gasteiger partial charge in [0.2, 0.25) is 0 Å². The number of hydrogen-bond donors (Lipinski definition) is 1. The quantitative estimate of drug-likeness (QED) is 0.694. The van der Waals surface area contributed by atoms with E-state index in [1.165, 1.54) is 5.56 Å². The van der Waals surface area contributed by atoms with Crippen LogP contribution in [0.3, 0.4) is 0 Å². The van der Waals surface area contributed by atoms with Gasteiger partial charge in [0.15, 0.2) is 0 Å². The highest BCUT2D eigenvalue weighted by Crippen LogP contribution is 2.21. The van der Waals surface area contributed by atoms with Gasteiger partial charge in [-0.05, 0) is 38.0 Å². The largest absolute Gasteiger partial charge is 0.366 e. The van der Waals surface area contributed by atoms with Crippen molar-refractivity contribution in [2.75, 3.05) is 10.2 Å². The summed E-state index contributed by atoms with van der Waals surface area (Å²) in [7, 11) is 0. The van der Waals surface area contributed by atoms with Crippen molar-refractivity contribution >= 4 is 11.6 Å². The van der Waals surface area contributed by atoms with Crippen molar-refractivity contribution in [1.82, 2.24) is 15.0 Å². The van der Waals surface area contributed by atoms with Gasteiger partial charge in [0.05, 0.1) is 0 Å². The van der Waals surface area contributed by atoms with Crippen molar-refractivity contribution in [2.24, 2.45) is 0 Å². The Bertz CT molecular complexity index is 818. The Hall–Kier alpha value is -2.95. The zero-order valence-electron chi connectivity index (χ0n) is 15.6. The summed E-state index contributed by atoms with van der Waals surface area (Å²) in [5, 5.41) is 3.38. The van der Waals surface area contributed by atoms with Gasteiger partial charge in [-0.25, -0.2) is 9.97 Å². The van der Waals surface area contributed by atoms with Crippen LogP contribution in [0.25, 0.3) is 0 Å². The zero-order chi connectivity index (χ0) is 18.4. The molecule has 3 aromatic rings. The van der Waals surface area contributed by atoms with E-state index in [0.717, 1.165) is 29.6 Å². The lowest BCUT2D eigenvalue weighted by Gasteiger charge is -2.28. The molecule has 2 heterocycles. The van der Waals surface area contributed by atoms with Crippen molar-refractivity contribution in [3.63, 3.8) is 0 Å². The normalized spacial score (nSPS) is 10.8. The van der Waals surface area contributed by atoms with E-state index in [9.17, 15) is 0 Å². The fraction of sp³-hybridized carbons (Fsp3) is 0.286. The van der Waals surface area contributed by atoms with Gasteiger partial charge in [0, 0.05) is 37.6 Å². The summed E-state index contributed by atoms with van der Waals surface area (Å²) < 4.78 is 0. The summed E-state index contributed by atoms with van der Waals surface area (Å²) in [6.07, 6.45) is 3.64. The maximum atomic E-state index is 4.67. The number of aromatic nitrogens is 3. The van der Waals surface area contributed by atoms with Crippen LogP contribution in [0.15, 0.2) is 60.9 Å². The molecule has 0 aliphatic rings. The average molecular weight is 347 g/mol. The second-order valence-electron chi connectivity index (χ2n) is 6.58. The van der Waals surface area contributed by atoms with E-state index in [4.69, 9.17) is 0 Å². The molecule has 0 amide bonds. The Morgan fingerprint density at radius 1 is 1.00 bits per heavy atom. The van der Waals surface area contributed by atoms with Gasteiger partial charge in [-0.2, -0.15) is 0 Å². The summed E-state index contributed by atoms with van der Waals surface area (Å²) >= 11 is 0. The smallest absolute Gasteiger partial charge is 0.134 e. The highest BCUT2D eigenvalue weighted by atomic mass is 15.2. The van der Waals surface area contributed by atoms with Crippen LogP contribution in [0.5, 0.6) is 0 Å². The maximum Gasteiger partial charge on any atom is 0.134 e. The van der Waals surface area contributed by atoms with Crippen molar-refractivity contribution in [2.45, 2.75) is 39.9 Å². The van der Waals surface area contributed by atoms with Gasteiger partial charge in [-0.15, -0.1) is 0 Å². The molecule has 0 fully saturated rings. The fourth-order valence-corrected chi connectivity index (χ4v) is 2.79. The summed E-state index contributed by atoms with van der Waals surface area (Å²) in [5.74, 6) is 2.52. The topological polar surface area (TPSA) is 53.9 Å². The molecule has 1 N–H and O–H groups in total. The van der Waals surface area contributed by atoms with Crippen LogP contribution in [-0.4, -0.2) is 21.0 Å². The number of pyridine rings is 1. The Balaban J connectivity index is 1.80. The van der Waals surface area contributed by atoms with Crippen LogP contribution in [0, 0.1) is 6.92 Å². The second-order valence-corrected chi connectivity index (χ2v) is 6.58. The van der Waals surface area contributed by atoms with Crippen LogP contribution in [0.1, 0.15) is 30.8 Å². The maximum absolute atomic E-state index is 4.67. The average Bonchev–Trinajstić information content (AvgIpc) is 2.65.